The molecule has 0 atom stereocenters. The third-order valence-electron chi connectivity index (χ3n) is 5.38. The number of aromatic nitrogens is 1. The number of carbonyl (C=O) groups is 2. The second-order valence-electron chi connectivity index (χ2n) is 7.00. The number of H-pyrrole nitrogens is 1. The highest BCUT2D eigenvalue weighted by atomic mass is 19.1. The molecule has 2 aromatic carbocycles. The Bertz CT molecular complexity index is 1240. The van der Waals surface area contributed by atoms with Crippen LogP contribution in [0, 0.1) is 0 Å². The van der Waals surface area contributed by atoms with Gasteiger partial charge in [-0.2, -0.15) is 0 Å². The van der Waals surface area contributed by atoms with Gasteiger partial charge in [0.2, 0.25) is 0 Å². The van der Waals surface area contributed by atoms with Crippen molar-refractivity contribution in [2.75, 3.05) is 18.1 Å². The van der Waals surface area contributed by atoms with Crippen molar-refractivity contribution in [2.24, 2.45) is 0 Å². The Morgan fingerprint density at radius 3 is 2.86 bits per heavy atom. The predicted octanol–water partition coefficient (Wildman–Crippen LogP) is 4.39. The highest BCUT2D eigenvalue weighted by Gasteiger charge is 2.33. The summed E-state index contributed by atoms with van der Waals surface area (Å²) in [5, 5.41) is 0.771. The molecule has 1 aromatic heterocycles. The van der Waals surface area contributed by atoms with Crippen LogP contribution < -0.4 is 9.64 Å². The molecular formula is C23H17FN2O3. The number of para-hydroxylation sites is 2. The quantitative estimate of drug-likeness (QED) is 0.662. The molecule has 6 heteroatoms. The SMILES string of the molecule is C=CC(=O)N1CCOc2c(C3=C(F)CC(=O)c4[nH]c5ccccc5c43)cccc21. The summed E-state index contributed by atoms with van der Waals surface area (Å²) in [5.74, 6) is -0.597. The molecule has 1 aliphatic carbocycles. The van der Waals surface area contributed by atoms with Crippen LogP contribution in [0.4, 0.5) is 10.1 Å². The number of hydrogen-bond donors (Lipinski definition) is 1. The van der Waals surface area contributed by atoms with Crippen molar-refractivity contribution in [3.05, 3.63) is 77.8 Å². The van der Waals surface area contributed by atoms with Gasteiger partial charge in [0.1, 0.15) is 12.4 Å². The molecule has 1 aliphatic heterocycles. The van der Waals surface area contributed by atoms with Crippen molar-refractivity contribution >= 4 is 33.9 Å². The minimum Gasteiger partial charge on any atom is -0.489 e. The molecule has 2 aliphatic rings. The topological polar surface area (TPSA) is 62.4 Å². The lowest BCUT2D eigenvalue weighted by Crippen LogP contribution is -2.37. The summed E-state index contributed by atoms with van der Waals surface area (Å²) >= 11 is 0. The number of halogens is 1. The zero-order valence-corrected chi connectivity index (χ0v) is 15.5. The molecule has 0 unspecified atom stereocenters. The van der Waals surface area contributed by atoms with Gasteiger partial charge in [0.15, 0.2) is 11.5 Å². The number of benzene rings is 2. The van der Waals surface area contributed by atoms with E-state index >= 15 is 4.39 Å². The Labute approximate surface area is 166 Å². The Morgan fingerprint density at radius 2 is 2.03 bits per heavy atom. The first-order valence-electron chi connectivity index (χ1n) is 9.33. The van der Waals surface area contributed by atoms with Gasteiger partial charge < -0.3 is 14.6 Å². The maximum Gasteiger partial charge on any atom is 0.250 e. The molecule has 0 fully saturated rings. The maximum atomic E-state index is 15.3. The van der Waals surface area contributed by atoms with E-state index in [-0.39, 0.29) is 24.7 Å². The summed E-state index contributed by atoms with van der Waals surface area (Å²) in [6.45, 7) is 4.23. The van der Waals surface area contributed by atoms with E-state index in [1.54, 1.807) is 23.1 Å². The Kier molecular flexibility index (Phi) is 3.87. The molecular weight excluding hydrogens is 371 g/mol. The largest absolute Gasteiger partial charge is 0.489 e. The van der Waals surface area contributed by atoms with Gasteiger partial charge >= 0.3 is 0 Å². The second kappa shape index (κ2) is 6.44. The van der Waals surface area contributed by atoms with Crippen LogP contribution in [-0.4, -0.2) is 29.8 Å². The summed E-state index contributed by atoms with van der Waals surface area (Å²) < 4.78 is 21.1. The van der Waals surface area contributed by atoms with Crippen molar-refractivity contribution in [3.8, 4) is 5.75 Å². The summed E-state index contributed by atoms with van der Waals surface area (Å²) in [6, 6.07) is 12.7. The number of allylic oxidation sites excluding steroid dienone is 1. The third-order valence-corrected chi connectivity index (χ3v) is 5.38. The van der Waals surface area contributed by atoms with E-state index in [1.165, 1.54) is 6.08 Å². The summed E-state index contributed by atoms with van der Waals surface area (Å²) in [5.41, 5.74) is 3.14. The fourth-order valence-corrected chi connectivity index (χ4v) is 4.13. The van der Waals surface area contributed by atoms with E-state index in [0.29, 0.717) is 40.4 Å². The number of Topliss-reactive ketones (excluding diaryl/α,β-unsaturated/α-hetero) is 1. The molecule has 0 saturated carbocycles. The summed E-state index contributed by atoms with van der Waals surface area (Å²) in [7, 11) is 0. The Balaban J connectivity index is 1.78. The molecule has 1 amide bonds. The lowest BCUT2D eigenvalue weighted by molar-refractivity contribution is -0.114. The van der Waals surface area contributed by atoms with E-state index in [9.17, 15) is 9.59 Å². The highest BCUT2D eigenvalue weighted by Crippen LogP contribution is 2.46. The smallest absolute Gasteiger partial charge is 0.250 e. The van der Waals surface area contributed by atoms with Crippen molar-refractivity contribution in [3.63, 3.8) is 0 Å². The summed E-state index contributed by atoms with van der Waals surface area (Å²) in [6.07, 6.45) is 0.937. The van der Waals surface area contributed by atoms with E-state index in [4.69, 9.17) is 4.74 Å². The van der Waals surface area contributed by atoms with Crippen LogP contribution in [0.3, 0.4) is 0 Å². The molecule has 5 rings (SSSR count). The Morgan fingerprint density at radius 1 is 1.21 bits per heavy atom. The van der Waals surface area contributed by atoms with Crippen LogP contribution >= 0.6 is 0 Å². The van der Waals surface area contributed by atoms with E-state index < -0.39 is 5.83 Å². The lowest BCUT2D eigenvalue weighted by atomic mass is 9.87. The molecule has 0 bridgehead atoms. The molecule has 5 nitrogen and oxygen atoms in total. The maximum absolute atomic E-state index is 15.3. The minimum atomic E-state index is -0.503. The number of aromatic amines is 1. The van der Waals surface area contributed by atoms with Crippen molar-refractivity contribution in [2.45, 2.75) is 6.42 Å². The van der Waals surface area contributed by atoms with Gasteiger partial charge in [0, 0.05) is 27.6 Å². The van der Waals surface area contributed by atoms with E-state index in [2.05, 4.69) is 11.6 Å². The van der Waals surface area contributed by atoms with Gasteiger partial charge in [-0.25, -0.2) is 4.39 Å². The summed E-state index contributed by atoms with van der Waals surface area (Å²) in [4.78, 5) is 29.5. The Hall–Kier alpha value is -3.67. The first kappa shape index (κ1) is 17.4. The first-order chi connectivity index (χ1) is 14.1. The molecule has 0 radical (unpaired) electrons. The molecule has 2 heterocycles. The standard InChI is InChI=1S/C23H17FN2O3/c1-2-19(28)26-10-11-29-23-14(7-5-9-17(23)26)20-15(24)12-18(27)22-21(20)13-6-3-4-8-16(13)25-22/h2-9,25H,1,10-12H2. The number of hydrogen-bond acceptors (Lipinski definition) is 3. The van der Waals surface area contributed by atoms with Gasteiger partial charge in [-0.15, -0.1) is 0 Å². The first-order valence-corrected chi connectivity index (χ1v) is 9.33. The van der Waals surface area contributed by atoms with Gasteiger partial charge in [0.05, 0.1) is 24.3 Å². The van der Waals surface area contributed by atoms with Crippen LogP contribution in [0.15, 0.2) is 60.9 Å². The average molecular weight is 388 g/mol. The number of nitrogens with zero attached hydrogens (tertiary/aromatic N) is 1. The van der Waals surface area contributed by atoms with E-state index in [1.807, 2.05) is 24.3 Å². The lowest BCUT2D eigenvalue weighted by Gasteiger charge is -2.31. The molecule has 144 valence electrons. The molecule has 3 aromatic rings. The van der Waals surface area contributed by atoms with Gasteiger partial charge in [-0.3, -0.25) is 9.59 Å². The van der Waals surface area contributed by atoms with Gasteiger partial charge in [-0.05, 0) is 18.2 Å². The third kappa shape index (κ3) is 2.52. The number of fused-ring (bicyclic) bond motifs is 4. The number of amides is 1. The zero-order chi connectivity index (χ0) is 20.1. The fourth-order valence-electron chi connectivity index (χ4n) is 4.13. The average Bonchev–Trinajstić information content (AvgIpc) is 3.13. The molecule has 1 N–H and O–H groups in total. The number of nitrogens with one attached hydrogen (secondary N) is 1. The van der Waals surface area contributed by atoms with Crippen LogP contribution in [0.5, 0.6) is 5.75 Å². The second-order valence-corrected chi connectivity index (χ2v) is 7.00. The number of ether oxygens (including phenoxy) is 1. The van der Waals surface area contributed by atoms with Crippen molar-refractivity contribution in [1.29, 1.82) is 0 Å². The predicted molar refractivity (Wildman–Crippen MR) is 109 cm³/mol. The van der Waals surface area contributed by atoms with Gasteiger partial charge in [-0.1, -0.05) is 36.9 Å². The molecule has 0 spiro atoms. The molecule has 29 heavy (non-hydrogen) atoms. The number of rotatable bonds is 2. The molecule has 0 saturated heterocycles. The van der Waals surface area contributed by atoms with E-state index in [0.717, 1.165) is 10.9 Å². The van der Waals surface area contributed by atoms with Gasteiger partial charge in [0.25, 0.3) is 5.91 Å². The fraction of sp³-hybridized carbons (Fsp3) is 0.130. The van der Waals surface area contributed by atoms with Crippen LogP contribution in [-0.2, 0) is 4.79 Å². The van der Waals surface area contributed by atoms with Crippen LogP contribution in [0.2, 0.25) is 0 Å². The monoisotopic (exact) mass is 388 g/mol. The van der Waals surface area contributed by atoms with Crippen molar-refractivity contribution < 1.29 is 18.7 Å². The number of carbonyl (C=O) groups excluding carboxylic acids is 2. The van der Waals surface area contributed by atoms with Crippen LogP contribution in [0.1, 0.15) is 28.0 Å². The minimum absolute atomic E-state index is 0.243. The van der Waals surface area contributed by atoms with Crippen LogP contribution in [0.25, 0.3) is 16.5 Å². The zero-order valence-electron chi connectivity index (χ0n) is 15.5. The normalized spacial score (nSPS) is 15.8. The highest BCUT2D eigenvalue weighted by molar-refractivity contribution is 6.14. The number of anilines is 1. The van der Waals surface area contributed by atoms with Crippen molar-refractivity contribution in [1.82, 2.24) is 4.98 Å². The number of ketones is 1.